The Hall–Kier alpha value is -2.70. The standard InChI is InChI=1S/C15H17N3O4/c1-11-4-2-5-12(18-11)16-8-9-22-14(21)15(10-13(19)20)6-3-7-17-15/h2-7H,8-10H2,1H3,(H,16,18)(H,19,20). The van der Waals surface area contributed by atoms with Crippen molar-refractivity contribution in [2.24, 2.45) is 4.99 Å². The molecule has 1 aromatic heterocycles. The van der Waals surface area contributed by atoms with Crippen LogP contribution in [0.25, 0.3) is 0 Å². The lowest BCUT2D eigenvalue weighted by atomic mass is 9.97. The van der Waals surface area contributed by atoms with Crippen LogP contribution >= 0.6 is 0 Å². The summed E-state index contributed by atoms with van der Waals surface area (Å²) in [5.74, 6) is -1.09. The molecular formula is C15H17N3O4. The van der Waals surface area contributed by atoms with E-state index in [1.165, 1.54) is 12.3 Å². The molecule has 0 fully saturated rings. The number of aliphatic imine (C=N–C) groups is 1. The maximum atomic E-state index is 12.1. The van der Waals surface area contributed by atoms with E-state index >= 15 is 0 Å². The molecule has 1 unspecified atom stereocenters. The number of hydrogen-bond donors (Lipinski definition) is 2. The summed E-state index contributed by atoms with van der Waals surface area (Å²) in [6.07, 6.45) is 3.96. The Morgan fingerprint density at radius 3 is 2.86 bits per heavy atom. The summed E-state index contributed by atoms with van der Waals surface area (Å²) in [5, 5.41) is 11.9. The van der Waals surface area contributed by atoms with Crippen molar-refractivity contribution in [2.45, 2.75) is 18.9 Å². The zero-order valence-corrected chi connectivity index (χ0v) is 12.2. The van der Waals surface area contributed by atoms with Gasteiger partial charge < -0.3 is 15.2 Å². The summed E-state index contributed by atoms with van der Waals surface area (Å²) >= 11 is 0. The van der Waals surface area contributed by atoms with Crippen LogP contribution in [0, 0.1) is 6.92 Å². The first kappa shape index (κ1) is 15.7. The molecule has 1 aliphatic rings. The molecule has 0 bridgehead atoms. The number of nitrogens with zero attached hydrogens (tertiary/aromatic N) is 2. The molecule has 1 atom stereocenters. The van der Waals surface area contributed by atoms with Crippen LogP contribution in [0.5, 0.6) is 0 Å². The summed E-state index contributed by atoms with van der Waals surface area (Å²) in [4.78, 5) is 31.1. The minimum atomic E-state index is -1.44. The highest BCUT2D eigenvalue weighted by Crippen LogP contribution is 2.23. The van der Waals surface area contributed by atoms with Crippen molar-refractivity contribution in [1.29, 1.82) is 0 Å². The van der Waals surface area contributed by atoms with Gasteiger partial charge in [-0.15, -0.1) is 0 Å². The molecule has 1 aromatic rings. The summed E-state index contributed by atoms with van der Waals surface area (Å²) in [7, 11) is 0. The van der Waals surface area contributed by atoms with Gasteiger partial charge in [0.05, 0.1) is 13.0 Å². The average Bonchev–Trinajstić information content (AvgIpc) is 2.92. The molecule has 2 N–H and O–H groups in total. The summed E-state index contributed by atoms with van der Waals surface area (Å²) in [5.41, 5.74) is -0.555. The van der Waals surface area contributed by atoms with Gasteiger partial charge in [-0.05, 0) is 31.2 Å². The minimum Gasteiger partial charge on any atom is -0.481 e. The number of rotatable bonds is 7. The second-order valence-electron chi connectivity index (χ2n) is 4.86. The van der Waals surface area contributed by atoms with Gasteiger partial charge in [-0.2, -0.15) is 0 Å². The van der Waals surface area contributed by atoms with Crippen molar-refractivity contribution in [1.82, 2.24) is 4.98 Å². The van der Waals surface area contributed by atoms with Crippen molar-refractivity contribution < 1.29 is 19.4 Å². The molecule has 0 spiro atoms. The zero-order chi connectivity index (χ0) is 16.0. The van der Waals surface area contributed by atoms with Crippen LogP contribution in [-0.4, -0.2) is 46.9 Å². The number of carbonyl (C=O) groups is 2. The van der Waals surface area contributed by atoms with Crippen LogP contribution < -0.4 is 5.32 Å². The lowest BCUT2D eigenvalue weighted by molar-refractivity contribution is -0.152. The number of hydrogen-bond acceptors (Lipinski definition) is 6. The maximum Gasteiger partial charge on any atom is 0.338 e. The molecule has 0 radical (unpaired) electrons. The number of nitrogens with one attached hydrogen (secondary N) is 1. The van der Waals surface area contributed by atoms with Gasteiger partial charge in [-0.1, -0.05) is 6.07 Å². The van der Waals surface area contributed by atoms with E-state index in [9.17, 15) is 9.59 Å². The third-order valence-corrected chi connectivity index (χ3v) is 3.07. The first-order valence-corrected chi connectivity index (χ1v) is 6.81. The van der Waals surface area contributed by atoms with Gasteiger partial charge in [-0.25, -0.2) is 9.78 Å². The fourth-order valence-corrected chi connectivity index (χ4v) is 2.04. The summed E-state index contributed by atoms with van der Waals surface area (Å²) < 4.78 is 5.12. The average molecular weight is 303 g/mol. The number of anilines is 1. The number of aliphatic carboxylic acids is 1. The first-order chi connectivity index (χ1) is 10.5. The zero-order valence-electron chi connectivity index (χ0n) is 12.2. The molecule has 2 rings (SSSR count). The molecule has 0 amide bonds. The Morgan fingerprint density at radius 2 is 2.23 bits per heavy atom. The predicted molar refractivity (Wildman–Crippen MR) is 81.0 cm³/mol. The second kappa shape index (κ2) is 6.84. The topological polar surface area (TPSA) is 101 Å². The van der Waals surface area contributed by atoms with Crippen LogP contribution in [0.2, 0.25) is 0 Å². The Bertz CT molecular complexity index is 613. The van der Waals surface area contributed by atoms with Crippen LogP contribution in [0.15, 0.2) is 35.3 Å². The van der Waals surface area contributed by atoms with E-state index in [0.29, 0.717) is 12.4 Å². The molecule has 116 valence electrons. The van der Waals surface area contributed by atoms with Gasteiger partial charge >= 0.3 is 11.9 Å². The molecule has 0 aliphatic carbocycles. The number of pyridine rings is 1. The number of carboxylic acid groups (broad SMARTS) is 1. The number of esters is 1. The number of ether oxygens (including phenoxy) is 1. The van der Waals surface area contributed by atoms with Crippen LogP contribution in [0.1, 0.15) is 12.1 Å². The third-order valence-electron chi connectivity index (χ3n) is 3.07. The smallest absolute Gasteiger partial charge is 0.338 e. The Balaban J connectivity index is 1.83. The van der Waals surface area contributed by atoms with E-state index in [2.05, 4.69) is 15.3 Å². The number of carboxylic acids is 1. The maximum absolute atomic E-state index is 12.1. The summed E-state index contributed by atoms with van der Waals surface area (Å²) in [6, 6.07) is 5.56. The van der Waals surface area contributed by atoms with E-state index in [4.69, 9.17) is 9.84 Å². The van der Waals surface area contributed by atoms with Crippen LogP contribution in [-0.2, 0) is 14.3 Å². The van der Waals surface area contributed by atoms with Crippen molar-refractivity contribution in [3.8, 4) is 0 Å². The fourth-order valence-electron chi connectivity index (χ4n) is 2.04. The Kier molecular flexibility index (Phi) is 4.88. The van der Waals surface area contributed by atoms with Gasteiger partial charge in [0.15, 0.2) is 5.54 Å². The predicted octanol–water partition coefficient (Wildman–Crippen LogP) is 1.20. The molecule has 7 nitrogen and oxygen atoms in total. The molecule has 7 heteroatoms. The first-order valence-electron chi connectivity index (χ1n) is 6.81. The number of aryl methyl sites for hydroxylation is 1. The normalized spacial score (nSPS) is 19.1. The van der Waals surface area contributed by atoms with E-state index in [0.717, 1.165) is 5.69 Å². The van der Waals surface area contributed by atoms with Gasteiger partial charge in [0.25, 0.3) is 0 Å². The number of allylic oxidation sites excluding steroid dienone is 1. The van der Waals surface area contributed by atoms with E-state index in [1.54, 1.807) is 6.08 Å². The molecular weight excluding hydrogens is 286 g/mol. The van der Waals surface area contributed by atoms with E-state index in [-0.39, 0.29) is 6.61 Å². The van der Waals surface area contributed by atoms with Crippen molar-refractivity contribution in [2.75, 3.05) is 18.5 Å². The van der Waals surface area contributed by atoms with Gasteiger partial charge in [0, 0.05) is 11.9 Å². The van der Waals surface area contributed by atoms with Crippen molar-refractivity contribution in [3.05, 3.63) is 36.0 Å². The molecule has 1 aliphatic heterocycles. The molecule has 22 heavy (non-hydrogen) atoms. The number of carbonyl (C=O) groups excluding carboxylic acids is 1. The minimum absolute atomic E-state index is 0.0964. The highest BCUT2D eigenvalue weighted by molar-refractivity contribution is 5.94. The quantitative estimate of drug-likeness (QED) is 0.580. The van der Waals surface area contributed by atoms with Crippen LogP contribution in [0.3, 0.4) is 0 Å². The van der Waals surface area contributed by atoms with Gasteiger partial charge in [0.2, 0.25) is 0 Å². The molecule has 2 heterocycles. The lowest BCUT2D eigenvalue weighted by Crippen LogP contribution is -2.38. The number of aromatic nitrogens is 1. The largest absolute Gasteiger partial charge is 0.481 e. The monoisotopic (exact) mass is 303 g/mol. The van der Waals surface area contributed by atoms with Crippen molar-refractivity contribution in [3.63, 3.8) is 0 Å². The Morgan fingerprint density at radius 1 is 1.41 bits per heavy atom. The second-order valence-corrected chi connectivity index (χ2v) is 4.86. The Labute approximate surface area is 127 Å². The summed E-state index contributed by atoms with van der Waals surface area (Å²) in [6.45, 7) is 2.35. The SMILES string of the molecule is Cc1cccc(NCCOC(=O)C2(CC(=O)O)C=CC=N2)n1. The lowest BCUT2D eigenvalue weighted by Gasteiger charge is -2.20. The molecule has 0 aromatic carbocycles. The highest BCUT2D eigenvalue weighted by atomic mass is 16.5. The van der Waals surface area contributed by atoms with E-state index in [1.807, 2.05) is 25.1 Å². The highest BCUT2D eigenvalue weighted by Gasteiger charge is 2.40. The third kappa shape index (κ3) is 3.91. The molecule has 0 saturated heterocycles. The van der Waals surface area contributed by atoms with Crippen molar-refractivity contribution >= 4 is 24.0 Å². The fraction of sp³-hybridized carbons (Fsp3) is 0.333. The van der Waals surface area contributed by atoms with Gasteiger partial charge in [-0.3, -0.25) is 9.79 Å². The molecule has 0 saturated carbocycles. The van der Waals surface area contributed by atoms with Gasteiger partial charge in [0.1, 0.15) is 12.4 Å². The van der Waals surface area contributed by atoms with E-state index < -0.39 is 23.9 Å². The van der Waals surface area contributed by atoms with Crippen LogP contribution in [0.4, 0.5) is 5.82 Å².